The van der Waals surface area contributed by atoms with Crippen LogP contribution in [0.2, 0.25) is 0 Å². The van der Waals surface area contributed by atoms with Crippen LogP contribution in [-0.4, -0.2) is 44.4 Å². The predicted octanol–water partition coefficient (Wildman–Crippen LogP) is 2.65. The van der Waals surface area contributed by atoms with Gasteiger partial charge in [0, 0.05) is 31.4 Å². The highest BCUT2D eigenvalue weighted by Gasteiger charge is 2.44. The molecule has 1 saturated heterocycles. The highest BCUT2D eigenvalue weighted by molar-refractivity contribution is 5.80. The van der Waals surface area contributed by atoms with Crippen molar-refractivity contribution in [3.8, 4) is 0 Å². The molecule has 0 atom stereocenters. The Kier molecular flexibility index (Phi) is 4.26. The number of hydrogen-bond donors (Lipinski definition) is 1. The molecule has 1 aromatic heterocycles. The van der Waals surface area contributed by atoms with Gasteiger partial charge in [-0.2, -0.15) is 5.10 Å². The van der Waals surface area contributed by atoms with Crippen molar-refractivity contribution in [1.82, 2.24) is 14.7 Å². The molecule has 1 aliphatic heterocycles. The van der Waals surface area contributed by atoms with Gasteiger partial charge >= 0.3 is 0 Å². The summed E-state index contributed by atoms with van der Waals surface area (Å²) < 4.78 is 16.4. The van der Waals surface area contributed by atoms with E-state index in [-0.39, 0.29) is 17.6 Å². The number of likely N-dealkylation sites (tertiary alicyclic amines) is 1. The number of piperidine rings is 1. The number of aromatic nitrogens is 2. The van der Waals surface area contributed by atoms with Gasteiger partial charge in [-0.25, -0.2) is 4.39 Å². The van der Waals surface area contributed by atoms with Crippen molar-refractivity contribution in [3.05, 3.63) is 29.7 Å². The first-order valence-corrected chi connectivity index (χ1v) is 9.44. The number of carbonyl (C=O) groups is 1. The largest absolute Gasteiger partial charge is 0.390 e. The first kappa shape index (κ1) is 17.5. The molecular weight excluding hydrogens is 333 g/mol. The lowest BCUT2D eigenvalue weighted by Crippen LogP contribution is -2.51. The van der Waals surface area contributed by atoms with Crippen molar-refractivity contribution in [2.75, 3.05) is 13.1 Å². The molecule has 0 radical (unpaired) electrons. The van der Waals surface area contributed by atoms with Crippen LogP contribution < -0.4 is 0 Å². The number of aryl methyl sites for hydroxylation is 1. The van der Waals surface area contributed by atoms with E-state index in [1.165, 1.54) is 0 Å². The highest BCUT2D eigenvalue weighted by Crippen LogP contribution is 2.39. The van der Waals surface area contributed by atoms with Gasteiger partial charge in [0.2, 0.25) is 5.91 Å². The Hall–Kier alpha value is -1.95. The van der Waals surface area contributed by atoms with E-state index >= 15 is 0 Å². The Morgan fingerprint density at radius 3 is 2.69 bits per heavy atom. The Balaban J connectivity index is 1.36. The molecule has 1 amide bonds. The average molecular weight is 359 g/mol. The predicted molar refractivity (Wildman–Crippen MR) is 97.0 cm³/mol. The summed E-state index contributed by atoms with van der Waals surface area (Å²) in [6, 6.07) is 3.80. The SMILES string of the molecule is Cn1ncc2ccc(CC3CCN(C(=O)[C@H]4C[C@@](C)(O)C4)CC3)c(F)c21. The van der Waals surface area contributed by atoms with Crippen LogP contribution in [0.15, 0.2) is 18.3 Å². The smallest absolute Gasteiger partial charge is 0.225 e. The van der Waals surface area contributed by atoms with Gasteiger partial charge in [0.15, 0.2) is 5.82 Å². The summed E-state index contributed by atoms with van der Waals surface area (Å²) >= 11 is 0. The molecule has 2 heterocycles. The fourth-order valence-electron chi connectivity index (χ4n) is 4.52. The third-order valence-corrected chi connectivity index (χ3v) is 6.08. The van der Waals surface area contributed by atoms with E-state index in [4.69, 9.17) is 0 Å². The molecule has 26 heavy (non-hydrogen) atoms. The number of hydrogen-bond acceptors (Lipinski definition) is 3. The van der Waals surface area contributed by atoms with Gasteiger partial charge in [-0.15, -0.1) is 0 Å². The number of benzene rings is 1. The van der Waals surface area contributed by atoms with E-state index in [0.29, 0.717) is 30.7 Å². The van der Waals surface area contributed by atoms with Crippen LogP contribution in [-0.2, 0) is 18.3 Å². The van der Waals surface area contributed by atoms with E-state index in [9.17, 15) is 14.3 Å². The Labute approximate surface area is 152 Å². The molecule has 140 valence electrons. The van der Waals surface area contributed by atoms with Crippen LogP contribution in [0, 0.1) is 17.7 Å². The number of rotatable bonds is 3. The van der Waals surface area contributed by atoms with Crippen LogP contribution in [0.25, 0.3) is 10.9 Å². The molecule has 1 saturated carbocycles. The normalized spacial score (nSPS) is 26.9. The number of nitrogens with zero attached hydrogens (tertiary/aromatic N) is 3. The number of fused-ring (bicyclic) bond motifs is 1. The van der Waals surface area contributed by atoms with Crippen LogP contribution in [0.4, 0.5) is 4.39 Å². The minimum atomic E-state index is -0.666. The van der Waals surface area contributed by atoms with E-state index < -0.39 is 5.60 Å². The lowest BCUT2D eigenvalue weighted by molar-refractivity contribution is -0.151. The summed E-state index contributed by atoms with van der Waals surface area (Å²) in [5.41, 5.74) is 0.633. The lowest BCUT2D eigenvalue weighted by atomic mass is 9.71. The minimum Gasteiger partial charge on any atom is -0.390 e. The topological polar surface area (TPSA) is 58.4 Å². The van der Waals surface area contributed by atoms with Gasteiger partial charge in [-0.05, 0) is 50.5 Å². The number of aliphatic hydroxyl groups is 1. The van der Waals surface area contributed by atoms with Crippen molar-refractivity contribution >= 4 is 16.8 Å². The molecule has 4 rings (SSSR count). The van der Waals surface area contributed by atoms with Gasteiger partial charge in [-0.1, -0.05) is 12.1 Å². The highest BCUT2D eigenvalue weighted by atomic mass is 19.1. The first-order chi connectivity index (χ1) is 12.3. The van der Waals surface area contributed by atoms with Gasteiger partial charge in [-0.3, -0.25) is 9.48 Å². The minimum absolute atomic E-state index is 0.0220. The van der Waals surface area contributed by atoms with Crippen molar-refractivity contribution in [2.24, 2.45) is 18.9 Å². The molecule has 0 unspecified atom stereocenters. The molecule has 6 heteroatoms. The molecule has 0 bridgehead atoms. The molecule has 2 aromatic rings. The third-order valence-electron chi connectivity index (χ3n) is 6.08. The maximum atomic E-state index is 14.8. The van der Waals surface area contributed by atoms with Crippen LogP contribution in [0.1, 0.15) is 38.2 Å². The Bertz CT molecular complexity index is 829. The Morgan fingerprint density at radius 2 is 2.04 bits per heavy atom. The molecule has 1 N–H and O–H groups in total. The monoisotopic (exact) mass is 359 g/mol. The number of halogens is 1. The van der Waals surface area contributed by atoms with Crippen LogP contribution in [0.3, 0.4) is 0 Å². The van der Waals surface area contributed by atoms with Crippen molar-refractivity contribution in [3.63, 3.8) is 0 Å². The first-order valence-electron chi connectivity index (χ1n) is 9.44. The van der Waals surface area contributed by atoms with E-state index in [0.717, 1.165) is 36.9 Å². The average Bonchev–Trinajstić information content (AvgIpc) is 2.97. The summed E-state index contributed by atoms with van der Waals surface area (Å²) in [4.78, 5) is 14.4. The third kappa shape index (κ3) is 3.11. The fourth-order valence-corrected chi connectivity index (χ4v) is 4.52. The summed E-state index contributed by atoms with van der Waals surface area (Å²) in [5.74, 6) is 0.380. The molecular formula is C20H26FN3O2. The zero-order chi connectivity index (χ0) is 18.5. The second-order valence-corrected chi connectivity index (χ2v) is 8.32. The molecule has 1 aliphatic carbocycles. The van der Waals surface area contributed by atoms with Gasteiger partial charge < -0.3 is 10.0 Å². The van der Waals surface area contributed by atoms with Crippen molar-refractivity contribution < 1.29 is 14.3 Å². The summed E-state index contributed by atoms with van der Waals surface area (Å²) in [5, 5.41) is 14.8. The standard InChI is InChI=1S/C20H26FN3O2/c1-20(26)10-16(11-20)19(25)24-7-5-13(6-8-24)9-14-3-4-15-12-22-23(2)18(15)17(14)21/h3-4,12-13,16,26H,5-11H2,1-2H3/t16-,20+. The van der Waals surface area contributed by atoms with Crippen LogP contribution in [0.5, 0.6) is 0 Å². The van der Waals surface area contributed by atoms with Gasteiger partial charge in [0.1, 0.15) is 5.52 Å². The summed E-state index contributed by atoms with van der Waals surface area (Å²) in [6.45, 7) is 3.26. The molecule has 2 aliphatic rings. The maximum Gasteiger partial charge on any atom is 0.225 e. The zero-order valence-corrected chi connectivity index (χ0v) is 15.4. The van der Waals surface area contributed by atoms with Crippen molar-refractivity contribution in [1.29, 1.82) is 0 Å². The van der Waals surface area contributed by atoms with Crippen LogP contribution >= 0.6 is 0 Å². The summed E-state index contributed by atoms with van der Waals surface area (Å²) in [6.07, 6.45) is 5.33. The van der Waals surface area contributed by atoms with E-state index in [1.807, 2.05) is 17.0 Å². The zero-order valence-electron chi connectivity index (χ0n) is 15.4. The van der Waals surface area contributed by atoms with Gasteiger partial charge in [0.05, 0.1) is 11.8 Å². The van der Waals surface area contributed by atoms with Gasteiger partial charge in [0.25, 0.3) is 0 Å². The maximum absolute atomic E-state index is 14.8. The quantitative estimate of drug-likeness (QED) is 0.917. The molecule has 0 spiro atoms. The second kappa shape index (κ2) is 6.34. The molecule has 1 aromatic carbocycles. The van der Waals surface area contributed by atoms with E-state index in [1.54, 1.807) is 24.9 Å². The molecule has 2 fully saturated rings. The number of amides is 1. The number of carbonyl (C=O) groups excluding carboxylic acids is 1. The summed E-state index contributed by atoms with van der Waals surface area (Å²) in [7, 11) is 1.76. The molecule has 5 nitrogen and oxygen atoms in total. The fraction of sp³-hybridized carbons (Fsp3) is 0.600. The lowest BCUT2D eigenvalue weighted by Gasteiger charge is -2.43. The van der Waals surface area contributed by atoms with E-state index in [2.05, 4.69) is 5.10 Å². The Morgan fingerprint density at radius 1 is 1.35 bits per heavy atom. The second-order valence-electron chi connectivity index (χ2n) is 8.32. The van der Waals surface area contributed by atoms with Crippen molar-refractivity contribution in [2.45, 2.75) is 44.6 Å².